The molecule has 6 rings (SSSR count). The van der Waals surface area contributed by atoms with E-state index in [-0.39, 0.29) is 91.6 Å². The highest BCUT2D eigenvalue weighted by Gasteiger charge is 2.46. The fourth-order valence-electron chi connectivity index (χ4n) is 9.43. The molecule has 4 heterocycles. The van der Waals surface area contributed by atoms with Crippen molar-refractivity contribution in [1.82, 2.24) is 51.7 Å². The van der Waals surface area contributed by atoms with Crippen LogP contribution in [0.1, 0.15) is 83.3 Å². The van der Waals surface area contributed by atoms with Crippen molar-refractivity contribution in [3.63, 3.8) is 0 Å². The molecule has 2 saturated heterocycles. The normalized spacial score (nSPS) is 17.7. The lowest BCUT2D eigenvalue weighted by Gasteiger charge is -2.35. The molecule has 6 atom stereocenters. The van der Waals surface area contributed by atoms with Crippen molar-refractivity contribution < 1.29 is 67.6 Å². The highest BCUT2D eigenvalue weighted by atomic mass is 32.1. The number of aromatic nitrogens is 2. The summed E-state index contributed by atoms with van der Waals surface area (Å²) < 4.78 is 16.4. The Balaban J connectivity index is 0.780. The lowest BCUT2D eigenvalue weighted by Crippen LogP contribution is -2.58. The second-order valence-electron chi connectivity index (χ2n) is 23.1. The largest absolute Gasteiger partial charge is 0.391 e. The lowest BCUT2D eigenvalue weighted by atomic mass is 9.85. The molecule has 2 fully saturated rings. The highest BCUT2D eigenvalue weighted by Crippen LogP contribution is 2.31. The van der Waals surface area contributed by atoms with Crippen LogP contribution in [0.3, 0.4) is 0 Å². The van der Waals surface area contributed by atoms with Crippen LogP contribution in [0.4, 0.5) is 0 Å². The first kappa shape index (κ1) is 67.9. The minimum atomic E-state index is -1.05. The lowest BCUT2D eigenvalue weighted by molar-refractivity contribution is -0.144. The van der Waals surface area contributed by atoms with Crippen LogP contribution in [0.25, 0.3) is 20.9 Å². The van der Waals surface area contributed by atoms with Crippen molar-refractivity contribution in [3.05, 3.63) is 82.1 Å². The molecule has 86 heavy (non-hydrogen) atoms. The molecule has 6 unspecified atom stereocenters. The molecule has 2 aromatic heterocycles. The number of likely N-dealkylation sites (tertiary alicyclic amines) is 2. The van der Waals surface area contributed by atoms with Gasteiger partial charge in [0.15, 0.2) is 6.61 Å². The van der Waals surface area contributed by atoms with Gasteiger partial charge in [-0.25, -0.2) is 9.97 Å². The minimum absolute atomic E-state index is 0.0319. The number of benzene rings is 2. The summed E-state index contributed by atoms with van der Waals surface area (Å²) in [6.45, 7) is 14.0. The number of hydrogen-bond acceptors (Lipinski definition) is 19. The van der Waals surface area contributed by atoms with E-state index in [1.165, 1.54) is 16.0 Å². The number of oxime groups is 1. The third-order valence-electron chi connectivity index (χ3n) is 14.0. The fraction of sp³-hybridized carbons (Fsp3) is 0.542. The van der Waals surface area contributed by atoms with E-state index in [1.54, 1.807) is 75.2 Å². The molecule has 25 nitrogen and oxygen atoms in total. The maximum Gasteiger partial charge on any atom is 0.260 e. The molecule has 8 N–H and O–H groups in total. The molecular formula is C59H81N11O14S2. The Morgan fingerprint density at radius 1 is 0.593 bits per heavy atom. The summed E-state index contributed by atoms with van der Waals surface area (Å²) in [6.07, 6.45) is -0.740. The van der Waals surface area contributed by atoms with Crippen LogP contribution in [0, 0.1) is 24.7 Å². The summed E-state index contributed by atoms with van der Waals surface area (Å²) in [4.78, 5) is 124. The number of rotatable bonds is 30. The summed E-state index contributed by atoms with van der Waals surface area (Å²) in [6, 6.07) is 11.6. The summed E-state index contributed by atoms with van der Waals surface area (Å²) in [5.74, 6) is -3.92. The number of β-amino-alcohol motifs (C(OH)–C–C–N with tert-alkyl or cyclic N) is 2. The summed E-state index contributed by atoms with van der Waals surface area (Å²) >= 11 is 3.10. The van der Waals surface area contributed by atoms with Gasteiger partial charge in [0.1, 0.15) is 37.4 Å². The van der Waals surface area contributed by atoms with Gasteiger partial charge < -0.3 is 71.0 Å². The molecule has 2 aromatic carbocycles. The van der Waals surface area contributed by atoms with Crippen LogP contribution >= 0.6 is 22.7 Å². The molecule has 0 radical (unpaired) electrons. The number of aliphatic hydroxyl groups is 2. The number of carbonyl (C=O) groups is 8. The summed E-state index contributed by atoms with van der Waals surface area (Å²) in [5, 5.41) is 41.2. The molecule has 0 spiro atoms. The van der Waals surface area contributed by atoms with Gasteiger partial charge in [0, 0.05) is 52.1 Å². The molecule has 0 aliphatic carbocycles. The SMILES string of the molecule is Cc1ncsc1-c1ccc(CNC(=O)C2CC(O)CN2C(=O)C(NC(=O)COCCNC(=O)CC=NOCC(=O)NCCOCCOCC(=O)NC(C(=O)N2CC(O)CC2C(=O)NCc2ccc(-c3scnc3C)cc2)C(C)(C)C)C(C)(C)C)cc1. The Labute approximate surface area is 508 Å². The van der Waals surface area contributed by atoms with Crippen molar-refractivity contribution >= 4 is 76.1 Å². The minimum Gasteiger partial charge on any atom is -0.391 e. The maximum absolute atomic E-state index is 14.0. The van der Waals surface area contributed by atoms with Crippen LogP contribution in [0.15, 0.2) is 64.7 Å². The number of ether oxygens (including phenoxy) is 3. The van der Waals surface area contributed by atoms with Crippen molar-refractivity contribution in [2.24, 2.45) is 16.0 Å². The van der Waals surface area contributed by atoms with Crippen LogP contribution in [-0.4, -0.2) is 192 Å². The zero-order valence-electron chi connectivity index (χ0n) is 50.0. The quantitative estimate of drug-likeness (QED) is 0.0211. The Morgan fingerprint density at radius 3 is 1.44 bits per heavy atom. The number of aryl methyl sites for hydroxylation is 2. The third-order valence-corrected chi connectivity index (χ3v) is 16.0. The molecule has 8 amide bonds. The number of amides is 8. The Kier molecular flexibility index (Phi) is 25.6. The molecular weight excluding hydrogens is 1150 g/mol. The molecule has 2 aliphatic heterocycles. The zero-order chi connectivity index (χ0) is 62.6. The molecule has 27 heteroatoms. The van der Waals surface area contributed by atoms with Gasteiger partial charge in [-0.15, -0.1) is 22.7 Å². The van der Waals surface area contributed by atoms with Crippen LogP contribution in [-0.2, 0) is 70.5 Å². The Hall–Kier alpha value is -7.27. The van der Waals surface area contributed by atoms with Gasteiger partial charge in [-0.1, -0.05) is 95.2 Å². The van der Waals surface area contributed by atoms with Gasteiger partial charge in [-0.3, -0.25) is 38.4 Å². The average molecular weight is 1230 g/mol. The zero-order valence-corrected chi connectivity index (χ0v) is 51.6. The molecule has 0 bridgehead atoms. The molecule has 2 aliphatic rings. The predicted octanol–water partition coefficient (Wildman–Crippen LogP) is 2.14. The first-order valence-corrected chi connectivity index (χ1v) is 30.2. The standard InChI is InChI=1S/C59H81N11O14S2/c1-36-50(85-34-64-36)40-13-9-38(10-14-40)27-62-54(77)44-25-42(71)29-69(44)56(79)52(58(3,4)5)67-48(75)31-82-22-20-60-46(73)17-18-66-84-33-47(74)61-19-21-81-23-24-83-32-49(76)68-53(59(6,7)8)57(80)70-30-43(72)26-45(70)55(78)63-28-39-11-15-41(16-12-39)51-37(2)65-35-86-51/h9-16,18,34-35,42-45,52-53,71-72H,17,19-33H2,1-8H3,(H,60,73)(H,61,74)(H,62,77)(H,63,78)(H,67,75)(H,68,76). The smallest absolute Gasteiger partial charge is 0.260 e. The molecule has 4 aromatic rings. The number of nitrogens with zero attached hydrogens (tertiary/aromatic N) is 5. The van der Waals surface area contributed by atoms with Gasteiger partial charge in [0.2, 0.25) is 41.4 Å². The van der Waals surface area contributed by atoms with E-state index in [0.29, 0.717) is 0 Å². The molecule has 0 saturated carbocycles. The van der Waals surface area contributed by atoms with Crippen LogP contribution in [0.5, 0.6) is 0 Å². The number of nitrogens with one attached hydrogen (secondary N) is 6. The van der Waals surface area contributed by atoms with E-state index in [9.17, 15) is 48.6 Å². The van der Waals surface area contributed by atoms with Gasteiger partial charge in [0.05, 0.1) is 83.4 Å². The number of thiazole rings is 2. The number of carbonyl (C=O) groups excluding carboxylic acids is 8. The molecule has 468 valence electrons. The first-order valence-electron chi connectivity index (χ1n) is 28.4. The third kappa shape index (κ3) is 20.7. The summed E-state index contributed by atoms with van der Waals surface area (Å²) in [5.41, 5.74) is 7.69. The van der Waals surface area contributed by atoms with Crippen LogP contribution < -0.4 is 31.9 Å². The maximum atomic E-state index is 14.0. The van der Waals surface area contributed by atoms with Crippen molar-refractivity contribution in [2.75, 3.05) is 72.4 Å². The van der Waals surface area contributed by atoms with E-state index in [1.807, 2.05) is 62.4 Å². The van der Waals surface area contributed by atoms with Gasteiger partial charge in [0.25, 0.3) is 5.91 Å². The average Bonchev–Trinajstić information content (AvgIpc) is 2.25. The number of hydrogen-bond donors (Lipinski definition) is 8. The highest BCUT2D eigenvalue weighted by molar-refractivity contribution is 7.13. The second kappa shape index (κ2) is 32.5. The Bertz CT molecular complexity index is 2960. The van der Waals surface area contributed by atoms with E-state index >= 15 is 0 Å². The topological polar surface area (TPSA) is 331 Å². The van der Waals surface area contributed by atoms with Gasteiger partial charge >= 0.3 is 0 Å². The van der Waals surface area contributed by atoms with E-state index in [0.717, 1.165) is 43.4 Å². The first-order chi connectivity index (χ1) is 40.9. The summed E-state index contributed by atoms with van der Waals surface area (Å²) in [7, 11) is 0. The second-order valence-corrected chi connectivity index (χ2v) is 24.8. The van der Waals surface area contributed by atoms with Crippen LogP contribution in [0.2, 0.25) is 0 Å². The fourth-order valence-corrected chi connectivity index (χ4v) is 11.1. The van der Waals surface area contributed by atoms with Crippen molar-refractivity contribution in [2.45, 2.75) is 124 Å². The van der Waals surface area contributed by atoms with E-state index < -0.39 is 108 Å². The van der Waals surface area contributed by atoms with Gasteiger partial charge in [-0.05, 0) is 46.9 Å². The van der Waals surface area contributed by atoms with E-state index in [2.05, 4.69) is 47.0 Å². The van der Waals surface area contributed by atoms with E-state index in [4.69, 9.17) is 19.0 Å². The predicted molar refractivity (Wildman–Crippen MR) is 321 cm³/mol. The monoisotopic (exact) mass is 1230 g/mol. The number of aliphatic hydroxyl groups excluding tert-OH is 2. The Morgan fingerprint density at radius 2 is 1.01 bits per heavy atom. The van der Waals surface area contributed by atoms with Gasteiger partial charge in [-0.2, -0.15) is 0 Å². The van der Waals surface area contributed by atoms with Crippen molar-refractivity contribution in [1.29, 1.82) is 0 Å². The van der Waals surface area contributed by atoms with Crippen molar-refractivity contribution in [3.8, 4) is 20.9 Å².